The zero-order valence-electron chi connectivity index (χ0n) is 10.6. The largest absolute Gasteiger partial charge is 0.481 e. The molecule has 0 amide bonds. The Morgan fingerprint density at radius 1 is 1.22 bits per heavy atom. The second-order valence-electron chi connectivity index (χ2n) is 5.16. The highest BCUT2D eigenvalue weighted by Crippen LogP contribution is 2.65. The zero-order chi connectivity index (χ0) is 14.4. The topological polar surface area (TPSA) is 113 Å². The highest BCUT2D eigenvalue weighted by atomic mass is 31.3. The molecule has 1 fully saturated rings. The van der Waals surface area contributed by atoms with Crippen LogP contribution in [0.25, 0.3) is 0 Å². The zero-order valence-corrected chi connectivity index (χ0v) is 12.4. The number of phosphoric acid groups is 2. The van der Waals surface area contributed by atoms with E-state index in [-0.39, 0.29) is 11.3 Å². The fourth-order valence-electron chi connectivity index (χ4n) is 1.79. The number of hydrogen-bond donors (Lipinski definition) is 3. The number of phosphoric ester groups is 1. The van der Waals surface area contributed by atoms with Crippen molar-refractivity contribution >= 4 is 15.6 Å². The molecule has 1 saturated carbocycles. The molecule has 1 aliphatic carbocycles. The van der Waals surface area contributed by atoms with Gasteiger partial charge in [0.25, 0.3) is 0 Å². The Labute approximate surface area is 106 Å². The van der Waals surface area contributed by atoms with Crippen LogP contribution in [0.1, 0.15) is 27.7 Å². The van der Waals surface area contributed by atoms with Gasteiger partial charge in [-0.05, 0) is 13.8 Å². The molecule has 0 spiro atoms. The first-order valence-corrected chi connectivity index (χ1v) is 8.31. The van der Waals surface area contributed by atoms with E-state index in [0.29, 0.717) is 0 Å². The van der Waals surface area contributed by atoms with Crippen LogP contribution in [0.5, 0.6) is 0 Å². The molecule has 0 aromatic rings. The Kier molecular flexibility index (Phi) is 4.31. The molecule has 0 radical (unpaired) electrons. The predicted octanol–water partition coefficient (Wildman–Crippen LogP) is 2.20. The van der Waals surface area contributed by atoms with Gasteiger partial charge in [0.05, 0.1) is 6.10 Å². The third-order valence-corrected chi connectivity index (χ3v) is 4.95. The van der Waals surface area contributed by atoms with Crippen LogP contribution in [0.4, 0.5) is 0 Å². The second kappa shape index (κ2) is 4.84. The predicted molar refractivity (Wildman–Crippen MR) is 64.5 cm³/mol. The minimum Gasteiger partial charge on any atom is -0.302 e. The van der Waals surface area contributed by atoms with Crippen LogP contribution in [-0.4, -0.2) is 20.8 Å². The van der Waals surface area contributed by atoms with Crippen molar-refractivity contribution in [2.45, 2.75) is 33.8 Å². The highest BCUT2D eigenvalue weighted by molar-refractivity contribution is 7.60. The fourth-order valence-corrected chi connectivity index (χ4v) is 3.71. The molecule has 1 unspecified atom stereocenters. The summed E-state index contributed by atoms with van der Waals surface area (Å²) in [6.07, 6.45) is 1.29. The van der Waals surface area contributed by atoms with Crippen LogP contribution < -0.4 is 0 Å². The molecule has 1 aliphatic rings. The smallest absolute Gasteiger partial charge is 0.302 e. The van der Waals surface area contributed by atoms with Crippen LogP contribution in [0.2, 0.25) is 0 Å². The molecule has 0 heterocycles. The molecule has 0 aromatic carbocycles. The van der Waals surface area contributed by atoms with Gasteiger partial charge in [-0.3, -0.25) is 4.52 Å². The Bertz CT molecular complexity index is 446. The van der Waals surface area contributed by atoms with Gasteiger partial charge >= 0.3 is 15.6 Å². The Balaban J connectivity index is 2.73. The van der Waals surface area contributed by atoms with Gasteiger partial charge < -0.3 is 14.7 Å². The standard InChI is InChI=1S/C9H18O7P2/c1-6(2)5-7-8(9(7,3)4)15-18(13,14)16-17(10,11)12/h5,7-8H,1-4H3,(H,13,14)(H2,10,11,12)/t7-,8-/m0/s1. The van der Waals surface area contributed by atoms with E-state index in [1.807, 2.05) is 33.8 Å². The van der Waals surface area contributed by atoms with Gasteiger partial charge in [0.1, 0.15) is 0 Å². The van der Waals surface area contributed by atoms with E-state index < -0.39 is 21.7 Å². The maximum absolute atomic E-state index is 11.4. The van der Waals surface area contributed by atoms with Gasteiger partial charge in [0.2, 0.25) is 0 Å². The summed E-state index contributed by atoms with van der Waals surface area (Å²) in [7, 11) is -9.82. The van der Waals surface area contributed by atoms with Crippen molar-refractivity contribution in [3.8, 4) is 0 Å². The molecule has 0 bridgehead atoms. The van der Waals surface area contributed by atoms with Gasteiger partial charge in [0.15, 0.2) is 0 Å². The number of rotatable bonds is 5. The molecule has 3 N–H and O–H groups in total. The van der Waals surface area contributed by atoms with Gasteiger partial charge in [-0.15, -0.1) is 0 Å². The maximum atomic E-state index is 11.4. The lowest BCUT2D eigenvalue weighted by Crippen LogP contribution is -2.01. The summed E-state index contributed by atoms with van der Waals surface area (Å²) in [5, 5.41) is 0. The summed E-state index contributed by atoms with van der Waals surface area (Å²) in [6.45, 7) is 7.44. The van der Waals surface area contributed by atoms with E-state index >= 15 is 0 Å². The third kappa shape index (κ3) is 4.28. The first kappa shape index (κ1) is 16.1. The quantitative estimate of drug-likeness (QED) is 0.527. The highest BCUT2D eigenvalue weighted by Gasteiger charge is 2.60. The summed E-state index contributed by atoms with van der Waals surface area (Å²) in [4.78, 5) is 26.2. The minimum atomic E-state index is -5.06. The monoisotopic (exact) mass is 300 g/mol. The molecule has 0 saturated heterocycles. The molecule has 7 nitrogen and oxygen atoms in total. The van der Waals surface area contributed by atoms with E-state index in [4.69, 9.17) is 14.3 Å². The van der Waals surface area contributed by atoms with E-state index in [1.165, 1.54) is 0 Å². The van der Waals surface area contributed by atoms with Gasteiger partial charge in [0, 0.05) is 11.3 Å². The van der Waals surface area contributed by atoms with Crippen molar-refractivity contribution in [2.75, 3.05) is 0 Å². The molecular formula is C9H18O7P2. The second-order valence-corrected chi connectivity index (χ2v) is 7.94. The summed E-state index contributed by atoms with van der Waals surface area (Å²) in [6, 6.07) is 0. The van der Waals surface area contributed by atoms with Crippen molar-refractivity contribution in [3.05, 3.63) is 11.6 Å². The van der Waals surface area contributed by atoms with Crippen LogP contribution in [0.3, 0.4) is 0 Å². The first-order chi connectivity index (χ1) is 7.85. The molecular weight excluding hydrogens is 282 g/mol. The van der Waals surface area contributed by atoms with Crippen LogP contribution in [0, 0.1) is 11.3 Å². The molecule has 0 aromatic heterocycles. The normalized spacial score (nSPS) is 29.5. The molecule has 18 heavy (non-hydrogen) atoms. The molecule has 9 heteroatoms. The van der Waals surface area contributed by atoms with Crippen LogP contribution >= 0.6 is 15.6 Å². The van der Waals surface area contributed by atoms with E-state index in [0.717, 1.165) is 5.57 Å². The van der Waals surface area contributed by atoms with Crippen molar-refractivity contribution in [3.63, 3.8) is 0 Å². The van der Waals surface area contributed by atoms with Crippen molar-refractivity contribution in [1.82, 2.24) is 0 Å². The lowest BCUT2D eigenvalue weighted by atomic mass is 10.1. The Hall–Kier alpha value is -0.0000000000000000416. The van der Waals surface area contributed by atoms with E-state index in [1.54, 1.807) is 0 Å². The lowest BCUT2D eigenvalue weighted by Gasteiger charge is -2.13. The van der Waals surface area contributed by atoms with Crippen LogP contribution in [-0.2, 0) is 18.0 Å². The van der Waals surface area contributed by atoms with Crippen LogP contribution in [0.15, 0.2) is 11.6 Å². The van der Waals surface area contributed by atoms with E-state index in [9.17, 15) is 14.0 Å². The molecule has 0 aliphatic heterocycles. The third-order valence-electron chi connectivity index (χ3n) is 2.78. The van der Waals surface area contributed by atoms with Crippen molar-refractivity contribution < 1.29 is 32.6 Å². The molecule has 3 atom stereocenters. The van der Waals surface area contributed by atoms with Crippen molar-refractivity contribution in [2.24, 2.45) is 11.3 Å². The van der Waals surface area contributed by atoms with Gasteiger partial charge in [-0.1, -0.05) is 25.5 Å². The summed E-state index contributed by atoms with van der Waals surface area (Å²) in [5.41, 5.74) is 0.663. The van der Waals surface area contributed by atoms with Gasteiger partial charge in [-0.25, -0.2) is 9.13 Å². The summed E-state index contributed by atoms with van der Waals surface area (Å²) in [5.74, 6) is -0.0802. The van der Waals surface area contributed by atoms with Gasteiger partial charge in [-0.2, -0.15) is 4.31 Å². The SMILES string of the molecule is CC(C)=C[C@H]1[C@H](OP(=O)(O)OP(=O)(O)O)C1(C)C. The molecule has 1 rings (SSSR count). The van der Waals surface area contributed by atoms with Crippen molar-refractivity contribution in [1.29, 1.82) is 0 Å². The Morgan fingerprint density at radius 3 is 2.11 bits per heavy atom. The number of allylic oxidation sites excluding steroid dienone is 1. The minimum absolute atomic E-state index is 0.0802. The average Bonchev–Trinajstić information content (AvgIpc) is 2.48. The average molecular weight is 300 g/mol. The lowest BCUT2D eigenvalue weighted by molar-refractivity contribution is 0.155. The summed E-state index contributed by atoms with van der Waals surface area (Å²) < 4.78 is 30.5. The number of hydrogen-bond acceptors (Lipinski definition) is 4. The fraction of sp³-hybridized carbons (Fsp3) is 0.778. The first-order valence-electron chi connectivity index (χ1n) is 5.28. The summed E-state index contributed by atoms with van der Waals surface area (Å²) >= 11 is 0. The Morgan fingerprint density at radius 2 is 1.72 bits per heavy atom. The maximum Gasteiger partial charge on any atom is 0.481 e. The van der Waals surface area contributed by atoms with E-state index in [2.05, 4.69) is 4.31 Å². The molecule has 106 valence electrons.